The fraction of sp³-hybridized carbons (Fsp3) is 0.286. The van der Waals surface area contributed by atoms with Crippen LogP contribution < -0.4 is 19.1 Å². The summed E-state index contributed by atoms with van der Waals surface area (Å²) >= 11 is 0. The van der Waals surface area contributed by atoms with Crippen molar-refractivity contribution in [1.29, 1.82) is 0 Å². The molecule has 9 nitrogen and oxygen atoms in total. The number of hydrogen-bond donors (Lipinski definition) is 0. The first-order valence-electron chi connectivity index (χ1n) is 22.6. The summed E-state index contributed by atoms with van der Waals surface area (Å²) < 4.78 is 18.5. The van der Waals surface area contributed by atoms with E-state index in [1.807, 2.05) is 60.7 Å². The first-order chi connectivity index (χ1) is 31.2. The van der Waals surface area contributed by atoms with Crippen molar-refractivity contribution in [1.82, 2.24) is 4.90 Å². The summed E-state index contributed by atoms with van der Waals surface area (Å²) in [7, 11) is 0. The zero-order valence-corrected chi connectivity index (χ0v) is 38.3. The van der Waals surface area contributed by atoms with Gasteiger partial charge in [0.25, 0.3) is 23.6 Å². The van der Waals surface area contributed by atoms with Crippen LogP contribution in [0.4, 0.5) is 5.69 Å². The molecule has 4 amide bonds. The number of ether oxygens (including phenoxy) is 3. The van der Waals surface area contributed by atoms with Gasteiger partial charge in [-0.3, -0.25) is 24.1 Å². The number of carbonyl (C=O) groups is 4. The maximum atomic E-state index is 13.7. The molecule has 2 aliphatic rings. The summed E-state index contributed by atoms with van der Waals surface area (Å²) in [6.45, 7) is 15.6. The number of amides is 4. The Morgan fingerprint density at radius 3 is 1.37 bits per heavy atom. The van der Waals surface area contributed by atoms with Crippen molar-refractivity contribution in [3.63, 3.8) is 0 Å². The van der Waals surface area contributed by atoms with Crippen molar-refractivity contribution in [2.24, 2.45) is 5.92 Å². The second kappa shape index (κ2) is 18.2. The highest BCUT2D eigenvalue weighted by Gasteiger charge is 2.38. The van der Waals surface area contributed by atoms with Crippen molar-refractivity contribution >= 4 is 29.3 Å². The van der Waals surface area contributed by atoms with Crippen LogP contribution in [-0.4, -0.2) is 35.1 Å². The Labute approximate surface area is 382 Å². The van der Waals surface area contributed by atoms with Crippen LogP contribution in [0, 0.1) is 5.92 Å². The summed E-state index contributed by atoms with van der Waals surface area (Å²) in [5.74, 6) is 2.34. The van der Waals surface area contributed by atoms with Crippen LogP contribution in [0.5, 0.6) is 34.5 Å². The van der Waals surface area contributed by atoms with Gasteiger partial charge in [-0.05, 0) is 138 Å². The lowest BCUT2D eigenvalue weighted by molar-refractivity contribution is 0.0629. The van der Waals surface area contributed by atoms with E-state index in [4.69, 9.17) is 14.2 Å². The van der Waals surface area contributed by atoms with Crippen LogP contribution in [0.25, 0.3) is 0 Å². The van der Waals surface area contributed by atoms with Gasteiger partial charge in [0.15, 0.2) is 0 Å². The topological polar surface area (TPSA) is 102 Å². The second-order valence-electron chi connectivity index (χ2n) is 18.5. The lowest BCUT2D eigenvalue weighted by Crippen LogP contribution is -2.33. The summed E-state index contributed by atoms with van der Waals surface area (Å²) in [5, 5.41) is 0. The van der Waals surface area contributed by atoms with E-state index >= 15 is 0 Å². The van der Waals surface area contributed by atoms with E-state index < -0.39 is 11.8 Å². The van der Waals surface area contributed by atoms with Gasteiger partial charge in [-0.2, -0.15) is 0 Å². The normalized spacial score (nSPS) is 14.1. The molecule has 2 aliphatic heterocycles. The monoisotopic (exact) mass is 868 g/mol. The average molecular weight is 869 g/mol. The third-order valence-corrected chi connectivity index (χ3v) is 12.8. The Morgan fingerprint density at radius 2 is 0.877 bits per heavy atom. The van der Waals surface area contributed by atoms with Gasteiger partial charge in [-0.25, -0.2) is 4.90 Å². The molecule has 9 heteroatoms. The molecule has 6 aromatic rings. The Balaban J connectivity index is 0.877. The van der Waals surface area contributed by atoms with Crippen molar-refractivity contribution in [3.8, 4) is 34.5 Å². The van der Waals surface area contributed by atoms with Crippen molar-refractivity contribution in [2.75, 3.05) is 11.4 Å². The Kier molecular flexibility index (Phi) is 12.5. The predicted octanol–water partition coefficient (Wildman–Crippen LogP) is 13.7. The molecule has 332 valence electrons. The number of rotatable bonds is 17. The molecule has 65 heavy (non-hydrogen) atoms. The number of hydrogen-bond acceptors (Lipinski definition) is 7. The standard InChI is InChI=1S/C56H56N2O7/c1-8-10-11-36(3)35-57-51(59)47-30-28-45(33-49(47)52(57)60)64-42-22-14-38(15-23-42)56(6,7)39-16-24-43(25-17-39)65-46-29-31-48-50(34-46)54(62)58(53(48)61)40-18-26-44(27-19-40)63-41-20-12-37(13-21-41)55(4,5)32-9-2/h12-31,33-34,36H,8-11,32,35H2,1-7H3. The highest BCUT2D eigenvalue weighted by molar-refractivity contribution is 6.34. The molecule has 0 saturated heterocycles. The molecular weight excluding hydrogens is 813 g/mol. The van der Waals surface area contributed by atoms with Crippen LogP contribution in [-0.2, 0) is 10.8 Å². The van der Waals surface area contributed by atoms with Gasteiger partial charge in [0.2, 0.25) is 0 Å². The molecule has 1 atom stereocenters. The zero-order chi connectivity index (χ0) is 46.0. The third-order valence-electron chi connectivity index (χ3n) is 12.8. The first-order valence-corrected chi connectivity index (χ1v) is 22.6. The van der Waals surface area contributed by atoms with E-state index in [2.05, 4.69) is 60.6 Å². The van der Waals surface area contributed by atoms with Gasteiger partial charge in [-0.1, -0.05) is 104 Å². The van der Waals surface area contributed by atoms with E-state index in [1.54, 1.807) is 60.7 Å². The number of nitrogens with zero attached hydrogens (tertiary/aromatic N) is 2. The number of fused-ring (bicyclic) bond motifs is 2. The molecule has 6 aromatic carbocycles. The smallest absolute Gasteiger partial charge is 0.266 e. The lowest BCUT2D eigenvalue weighted by Gasteiger charge is -2.26. The maximum Gasteiger partial charge on any atom is 0.266 e. The highest BCUT2D eigenvalue weighted by Crippen LogP contribution is 2.38. The van der Waals surface area contributed by atoms with Gasteiger partial charge in [0.1, 0.15) is 34.5 Å². The van der Waals surface area contributed by atoms with Crippen LogP contribution in [0.1, 0.15) is 139 Å². The molecule has 0 saturated carbocycles. The number of carbonyl (C=O) groups excluding carboxylic acids is 4. The molecular formula is C56H56N2O7. The van der Waals surface area contributed by atoms with E-state index in [0.717, 1.165) is 43.2 Å². The summed E-state index contributed by atoms with van der Waals surface area (Å²) in [6.07, 6.45) is 5.32. The molecule has 8 rings (SSSR count). The Hall–Kier alpha value is -7.00. The van der Waals surface area contributed by atoms with E-state index in [-0.39, 0.29) is 34.1 Å². The minimum absolute atomic E-state index is 0.0885. The minimum atomic E-state index is -0.420. The van der Waals surface area contributed by atoms with Crippen LogP contribution in [0.2, 0.25) is 0 Å². The van der Waals surface area contributed by atoms with Gasteiger partial charge < -0.3 is 14.2 Å². The Bertz CT molecular complexity index is 2740. The van der Waals surface area contributed by atoms with Gasteiger partial charge in [0, 0.05) is 12.0 Å². The second-order valence-corrected chi connectivity index (χ2v) is 18.5. The van der Waals surface area contributed by atoms with Crippen LogP contribution in [0.15, 0.2) is 133 Å². The molecule has 2 heterocycles. The first kappa shape index (κ1) is 44.6. The van der Waals surface area contributed by atoms with Gasteiger partial charge in [0.05, 0.1) is 27.9 Å². The molecule has 1 unspecified atom stereocenters. The van der Waals surface area contributed by atoms with Crippen LogP contribution >= 0.6 is 0 Å². The SMILES string of the molecule is CCCCC(C)CN1C(=O)c2ccc(Oc3ccc(C(C)(C)c4ccc(Oc5ccc6c(c5)C(=O)N(c5ccc(Oc7ccc(C(C)(C)CCC)cc7)cc5)C6=O)cc4)cc3)cc2C1=O. The Morgan fingerprint density at radius 1 is 0.477 bits per heavy atom. The fourth-order valence-corrected chi connectivity index (χ4v) is 8.83. The third kappa shape index (κ3) is 9.19. The molecule has 0 aromatic heterocycles. The predicted molar refractivity (Wildman–Crippen MR) is 254 cm³/mol. The molecule has 0 aliphatic carbocycles. The van der Waals surface area contributed by atoms with Gasteiger partial charge >= 0.3 is 0 Å². The average Bonchev–Trinajstić information content (AvgIpc) is 3.68. The van der Waals surface area contributed by atoms with Crippen LogP contribution in [0.3, 0.4) is 0 Å². The van der Waals surface area contributed by atoms with Crippen molar-refractivity contribution < 1.29 is 33.4 Å². The largest absolute Gasteiger partial charge is 0.457 e. The molecule has 0 bridgehead atoms. The molecule has 0 spiro atoms. The number of unbranched alkanes of at least 4 members (excludes halogenated alkanes) is 1. The molecule has 0 N–H and O–H groups in total. The number of anilines is 1. The molecule has 0 fully saturated rings. The zero-order valence-electron chi connectivity index (χ0n) is 38.3. The van der Waals surface area contributed by atoms with Crippen molar-refractivity contribution in [2.45, 2.75) is 91.4 Å². The summed E-state index contributed by atoms with van der Waals surface area (Å²) in [6, 6.07) is 40.7. The van der Waals surface area contributed by atoms with Crippen molar-refractivity contribution in [3.05, 3.63) is 172 Å². The van der Waals surface area contributed by atoms with Gasteiger partial charge in [-0.15, -0.1) is 0 Å². The minimum Gasteiger partial charge on any atom is -0.457 e. The van der Waals surface area contributed by atoms with E-state index in [1.165, 1.54) is 15.4 Å². The van der Waals surface area contributed by atoms with E-state index in [0.29, 0.717) is 63.4 Å². The quantitative estimate of drug-likeness (QED) is 0.0841. The maximum absolute atomic E-state index is 13.7. The summed E-state index contributed by atoms with van der Waals surface area (Å²) in [5.41, 5.74) is 4.92. The lowest BCUT2D eigenvalue weighted by atomic mass is 9.78. The number of imide groups is 2. The van der Waals surface area contributed by atoms with E-state index in [9.17, 15) is 19.2 Å². The highest BCUT2D eigenvalue weighted by atomic mass is 16.5. The fourth-order valence-electron chi connectivity index (χ4n) is 8.83. The molecule has 0 radical (unpaired) electrons. The summed E-state index contributed by atoms with van der Waals surface area (Å²) in [4.78, 5) is 56.0. The number of benzene rings is 6.